The molecule has 0 N–H and O–H groups in total. The highest BCUT2D eigenvalue weighted by Crippen LogP contribution is 2.50. The van der Waals surface area contributed by atoms with Gasteiger partial charge < -0.3 is 0 Å². The maximum Gasteiger partial charge on any atom is 0.401 e. The first-order chi connectivity index (χ1) is 8.21. The van der Waals surface area contributed by atoms with Crippen LogP contribution >= 0.6 is 0 Å². The van der Waals surface area contributed by atoms with Crippen molar-refractivity contribution in [2.45, 2.75) is 58.5 Å². The SMILES string of the molecule is CC(C)C(=O)CC(=O)C1(C(F)(F)F)CCCCC1. The number of carbonyl (C=O) groups is 2. The summed E-state index contributed by atoms with van der Waals surface area (Å²) in [6.45, 7) is 3.19. The van der Waals surface area contributed by atoms with Crippen molar-refractivity contribution in [2.75, 3.05) is 0 Å². The van der Waals surface area contributed by atoms with Gasteiger partial charge in [-0.2, -0.15) is 13.2 Å². The molecule has 18 heavy (non-hydrogen) atoms. The van der Waals surface area contributed by atoms with E-state index < -0.39 is 35.5 Å². The third kappa shape index (κ3) is 2.93. The normalized spacial score (nSPS) is 19.9. The van der Waals surface area contributed by atoms with Crippen molar-refractivity contribution in [3.05, 3.63) is 0 Å². The second-order valence-electron chi connectivity index (χ2n) is 5.36. The van der Waals surface area contributed by atoms with Gasteiger partial charge in [0.2, 0.25) is 0 Å². The van der Waals surface area contributed by atoms with E-state index in [9.17, 15) is 22.8 Å². The van der Waals surface area contributed by atoms with Crippen molar-refractivity contribution in [2.24, 2.45) is 11.3 Å². The Bertz CT molecular complexity index is 326. The predicted molar refractivity (Wildman–Crippen MR) is 61.0 cm³/mol. The molecule has 0 saturated heterocycles. The van der Waals surface area contributed by atoms with Crippen LogP contribution in [0.2, 0.25) is 0 Å². The van der Waals surface area contributed by atoms with Crippen LogP contribution in [0.4, 0.5) is 13.2 Å². The van der Waals surface area contributed by atoms with Gasteiger partial charge in [0.25, 0.3) is 0 Å². The average Bonchev–Trinajstić information content (AvgIpc) is 2.28. The summed E-state index contributed by atoms with van der Waals surface area (Å²) in [6.07, 6.45) is -3.92. The number of hydrogen-bond donors (Lipinski definition) is 0. The fraction of sp³-hybridized carbons (Fsp3) is 0.846. The first kappa shape index (κ1) is 15.2. The molecule has 104 valence electrons. The lowest BCUT2D eigenvalue weighted by Gasteiger charge is -2.37. The van der Waals surface area contributed by atoms with E-state index >= 15 is 0 Å². The summed E-state index contributed by atoms with van der Waals surface area (Å²) in [5.41, 5.74) is -2.27. The van der Waals surface area contributed by atoms with Crippen molar-refractivity contribution in [1.29, 1.82) is 0 Å². The fourth-order valence-corrected chi connectivity index (χ4v) is 2.41. The smallest absolute Gasteiger partial charge is 0.299 e. The van der Waals surface area contributed by atoms with E-state index in [1.165, 1.54) is 0 Å². The molecular weight excluding hydrogens is 245 g/mol. The Labute approximate surface area is 105 Å². The highest BCUT2D eigenvalue weighted by Gasteiger charge is 2.59. The lowest BCUT2D eigenvalue weighted by Crippen LogP contribution is -2.47. The van der Waals surface area contributed by atoms with Crippen molar-refractivity contribution in [3.8, 4) is 0 Å². The monoisotopic (exact) mass is 264 g/mol. The molecule has 1 aliphatic rings. The minimum atomic E-state index is -4.54. The van der Waals surface area contributed by atoms with Crippen LogP contribution in [0.1, 0.15) is 52.4 Å². The molecule has 0 aromatic carbocycles. The zero-order chi connectivity index (χ0) is 14.0. The molecule has 1 fully saturated rings. The lowest BCUT2D eigenvalue weighted by atomic mass is 9.69. The number of rotatable bonds is 4. The second kappa shape index (κ2) is 5.41. The van der Waals surface area contributed by atoms with E-state index in [-0.39, 0.29) is 12.8 Å². The Morgan fingerprint density at radius 1 is 1.11 bits per heavy atom. The maximum absolute atomic E-state index is 13.2. The minimum absolute atomic E-state index is 0.166. The van der Waals surface area contributed by atoms with Gasteiger partial charge in [0.15, 0.2) is 5.78 Å². The number of Topliss-reactive ketones (excluding diaryl/α,β-unsaturated/α-hetero) is 2. The number of carbonyl (C=O) groups excluding carboxylic acids is 2. The molecule has 0 heterocycles. The quantitative estimate of drug-likeness (QED) is 0.726. The van der Waals surface area contributed by atoms with Crippen LogP contribution in [0, 0.1) is 11.3 Å². The molecule has 0 spiro atoms. The molecule has 1 rings (SSSR count). The molecule has 0 aromatic rings. The fourth-order valence-electron chi connectivity index (χ4n) is 2.41. The van der Waals surface area contributed by atoms with E-state index in [0.29, 0.717) is 12.8 Å². The number of alkyl halides is 3. The van der Waals surface area contributed by atoms with Crippen LogP contribution in [0.3, 0.4) is 0 Å². The van der Waals surface area contributed by atoms with Crippen LogP contribution in [0.15, 0.2) is 0 Å². The number of ketones is 2. The molecule has 0 atom stereocenters. The highest BCUT2D eigenvalue weighted by atomic mass is 19.4. The Hall–Kier alpha value is -0.870. The van der Waals surface area contributed by atoms with Gasteiger partial charge in [-0.1, -0.05) is 33.1 Å². The van der Waals surface area contributed by atoms with Crippen LogP contribution in [-0.4, -0.2) is 17.7 Å². The van der Waals surface area contributed by atoms with Gasteiger partial charge in [0.05, 0.1) is 6.42 Å². The molecule has 0 aliphatic heterocycles. The summed E-state index contributed by atoms with van der Waals surface area (Å²) in [7, 11) is 0. The van der Waals surface area contributed by atoms with E-state index in [1.807, 2.05) is 0 Å². The Morgan fingerprint density at radius 2 is 1.61 bits per heavy atom. The van der Waals surface area contributed by atoms with Crippen molar-refractivity contribution in [3.63, 3.8) is 0 Å². The third-order valence-electron chi connectivity index (χ3n) is 3.76. The third-order valence-corrected chi connectivity index (χ3v) is 3.76. The number of halogens is 3. The Balaban J connectivity index is 2.91. The van der Waals surface area contributed by atoms with Gasteiger partial charge in [-0.25, -0.2) is 0 Å². The van der Waals surface area contributed by atoms with Gasteiger partial charge in [-0.05, 0) is 12.8 Å². The van der Waals surface area contributed by atoms with Gasteiger partial charge in [-0.3, -0.25) is 9.59 Å². The van der Waals surface area contributed by atoms with Crippen LogP contribution in [0.25, 0.3) is 0 Å². The van der Waals surface area contributed by atoms with Crippen molar-refractivity contribution in [1.82, 2.24) is 0 Å². The van der Waals surface area contributed by atoms with E-state index in [2.05, 4.69) is 0 Å². The molecule has 1 saturated carbocycles. The van der Waals surface area contributed by atoms with Gasteiger partial charge >= 0.3 is 6.18 Å². The predicted octanol–water partition coefficient (Wildman–Crippen LogP) is 3.68. The van der Waals surface area contributed by atoms with Crippen molar-refractivity contribution < 1.29 is 22.8 Å². The van der Waals surface area contributed by atoms with Gasteiger partial charge in [0, 0.05) is 5.92 Å². The molecule has 0 aromatic heterocycles. The lowest BCUT2D eigenvalue weighted by molar-refractivity contribution is -0.228. The minimum Gasteiger partial charge on any atom is -0.299 e. The van der Waals surface area contributed by atoms with Gasteiger partial charge in [-0.15, -0.1) is 0 Å². The van der Waals surface area contributed by atoms with Crippen molar-refractivity contribution >= 4 is 11.6 Å². The molecule has 0 radical (unpaired) electrons. The van der Waals surface area contributed by atoms with E-state index in [4.69, 9.17) is 0 Å². The molecule has 2 nitrogen and oxygen atoms in total. The summed E-state index contributed by atoms with van der Waals surface area (Å²) in [6, 6.07) is 0. The maximum atomic E-state index is 13.2. The molecule has 5 heteroatoms. The Kier molecular flexibility index (Phi) is 4.56. The molecule has 1 aliphatic carbocycles. The summed E-state index contributed by atoms with van der Waals surface area (Å²) >= 11 is 0. The molecule has 0 amide bonds. The van der Waals surface area contributed by atoms with Crippen LogP contribution in [0.5, 0.6) is 0 Å². The zero-order valence-corrected chi connectivity index (χ0v) is 10.8. The first-order valence-corrected chi connectivity index (χ1v) is 6.33. The largest absolute Gasteiger partial charge is 0.401 e. The highest BCUT2D eigenvalue weighted by molar-refractivity contribution is 6.02. The van der Waals surface area contributed by atoms with Crippen LogP contribution in [-0.2, 0) is 9.59 Å². The summed E-state index contributed by atoms with van der Waals surface area (Å²) in [5, 5.41) is 0. The van der Waals surface area contributed by atoms with E-state index in [1.54, 1.807) is 13.8 Å². The molecule has 0 unspecified atom stereocenters. The van der Waals surface area contributed by atoms with E-state index in [0.717, 1.165) is 6.42 Å². The second-order valence-corrected chi connectivity index (χ2v) is 5.36. The summed E-state index contributed by atoms with van der Waals surface area (Å²) < 4.78 is 39.5. The number of hydrogen-bond acceptors (Lipinski definition) is 2. The standard InChI is InChI=1S/C13H19F3O2/c1-9(2)10(17)8-11(18)12(13(14,15)16)6-4-3-5-7-12/h9H,3-8H2,1-2H3. The zero-order valence-electron chi connectivity index (χ0n) is 10.8. The first-order valence-electron chi connectivity index (χ1n) is 6.33. The molecule has 0 bridgehead atoms. The molecular formula is C13H19F3O2. The topological polar surface area (TPSA) is 34.1 Å². The van der Waals surface area contributed by atoms with Crippen LogP contribution < -0.4 is 0 Å². The summed E-state index contributed by atoms with van der Waals surface area (Å²) in [4.78, 5) is 23.4. The van der Waals surface area contributed by atoms with Gasteiger partial charge in [0.1, 0.15) is 11.2 Å². The summed E-state index contributed by atoms with van der Waals surface area (Å²) in [5.74, 6) is -1.74. The average molecular weight is 264 g/mol. The Morgan fingerprint density at radius 3 is 2.00 bits per heavy atom.